The van der Waals surface area contributed by atoms with Gasteiger partial charge in [0.1, 0.15) is 0 Å². The monoisotopic (exact) mass is 380 g/mol. The lowest BCUT2D eigenvalue weighted by Crippen LogP contribution is -2.32. The summed E-state index contributed by atoms with van der Waals surface area (Å²) in [4.78, 5) is 12.1. The van der Waals surface area contributed by atoms with E-state index in [9.17, 15) is 9.90 Å². The van der Waals surface area contributed by atoms with Gasteiger partial charge in [0.05, 0.1) is 11.8 Å². The Morgan fingerprint density at radius 2 is 0.931 bits per heavy atom. The van der Waals surface area contributed by atoms with Crippen LogP contribution in [0.1, 0.15) is 39.8 Å². The first-order valence-electron chi connectivity index (χ1n) is 9.44. The van der Waals surface area contributed by atoms with E-state index in [1.165, 1.54) is 0 Å². The molecule has 0 unspecified atom stereocenters. The minimum Gasteiger partial charge on any atom is -0.481 e. The van der Waals surface area contributed by atoms with Gasteiger partial charge in [-0.3, -0.25) is 4.79 Å². The number of hydrogen-bond acceptors (Lipinski definition) is 1. The van der Waals surface area contributed by atoms with Crippen molar-refractivity contribution in [2.24, 2.45) is 0 Å². The minimum absolute atomic E-state index is 0.0681. The molecular weight excluding hydrogens is 356 g/mol. The molecule has 3 aromatic rings. The van der Waals surface area contributed by atoms with Crippen molar-refractivity contribution in [1.29, 1.82) is 0 Å². The van der Waals surface area contributed by atoms with Crippen LogP contribution >= 0.6 is 0 Å². The smallest absolute Gasteiger partial charge is 0.304 e. The summed E-state index contributed by atoms with van der Waals surface area (Å²) in [5, 5.41) is 9.89. The van der Waals surface area contributed by atoms with Gasteiger partial charge in [0, 0.05) is 0 Å². The van der Waals surface area contributed by atoms with E-state index in [1.54, 1.807) is 18.2 Å². The number of carboxylic acid groups (broad SMARTS) is 1. The summed E-state index contributed by atoms with van der Waals surface area (Å²) in [5.74, 6) is -0.863. The van der Waals surface area contributed by atoms with Crippen molar-refractivity contribution < 1.29 is 9.90 Å². The molecular formula is C27H24O2. The second kappa shape index (κ2) is 8.57. The van der Waals surface area contributed by atoms with E-state index in [0.717, 1.165) is 33.4 Å². The second-order valence-electron chi connectivity index (χ2n) is 6.95. The van der Waals surface area contributed by atoms with Crippen molar-refractivity contribution >= 4 is 24.2 Å². The van der Waals surface area contributed by atoms with Crippen LogP contribution in [0.4, 0.5) is 0 Å². The third-order valence-electron chi connectivity index (χ3n) is 5.33. The molecule has 0 heterocycles. The number of carbonyl (C=O) groups is 1. The summed E-state index contributed by atoms with van der Waals surface area (Å²) < 4.78 is 0. The summed E-state index contributed by atoms with van der Waals surface area (Å²) >= 11 is 0. The summed E-state index contributed by atoms with van der Waals surface area (Å²) in [6.07, 6.45) is 5.27. The van der Waals surface area contributed by atoms with Crippen LogP contribution < -0.4 is 0 Å². The predicted molar refractivity (Wildman–Crippen MR) is 122 cm³/mol. The number of benzene rings is 3. The first-order valence-corrected chi connectivity index (χ1v) is 9.44. The van der Waals surface area contributed by atoms with Gasteiger partial charge in [-0.1, -0.05) is 111 Å². The highest BCUT2D eigenvalue weighted by atomic mass is 16.4. The first-order chi connectivity index (χ1) is 14.0. The Morgan fingerprint density at radius 1 is 0.655 bits per heavy atom. The van der Waals surface area contributed by atoms with Crippen molar-refractivity contribution in [3.05, 3.63) is 126 Å². The zero-order valence-corrected chi connectivity index (χ0v) is 16.3. The fourth-order valence-electron chi connectivity index (χ4n) is 3.74. The predicted octanol–water partition coefficient (Wildman–Crippen LogP) is 6.42. The van der Waals surface area contributed by atoms with Gasteiger partial charge in [-0.05, 0) is 33.4 Å². The fraction of sp³-hybridized carbons (Fsp3) is 0.0741. The van der Waals surface area contributed by atoms with Gasteiger partial charge in [0.2, 0.25) is 0 Å². The Bertz CT molecular complexity index is 898. The highest BCUT2D eigenvalue weighted by Gasteiger charge is 2.38. The molecule has 3 aromatic carbocycles. The van der Waals surface area contributed by atoms with Crippen LogP contribution in [0.2, 0.25) is 0 Å². The molecule has 0 radical (unpaired) electrons. The normalized spacial score (nSPS) is 10.9. The summed E-state index contributed by atoms with van der Waals surface area (Å²) in [5.41, 5.74) is 4.89. The number of hydrogen-bond donors (Lipinski definition) is 1. The summed E-state index contributed by atoms with van der Waals surface area (Å²) in [6.45, 7) is 11.4. The Hall–Kier alpha value is -3.65. The maximum Gasteiger partial charge on any atom is 0.304 e. The lowest BCUT2D eigenvalue weighted by atomic mass is 9.67. The van der Waals surface area contributed by atoms with E-state index in [4.69, 9.17) is 0 Å². The van der Waals surface area contributed by atoms with Gasteiger partial charge in [0.25, 0.3) is 0 Å². The van der Waals surface area contributed by atoms with Gasteiger partial charge in [-0.2, -0.15) is 0 Å². The van der Waals surface area contributed by atoms with Crippen LogP contribution in [0, 0.1) is 0 Å². The molecule has 2 nitrogen and oxygen atoms in total. The Balaban J connectivity index is 2.32. The Labute approximate surface area is 172 Å². The second-order valence-corrected chi connectivity index (χ2v) is 6.95. The van der Waals surface area contributed by atoms with Gasteiger partial charge >= 0.3 is 5.97 Å². The third-order valence-corrected chi connectivity index (χ3v) is 5.33. The van der Waals surface area contributed by atoms with Gasteiger partial charge in [-0.15, -0.1) is 0 Å². The molecule has 1 N–H and O–H groups in total. The average molecular weight is 380 g/mol. The molecule has 0 bridgehead atoms. The maximum atomic E-state index is 12.1. The molecule has 0 aliphatic carbocycles. The van der Waals surface area contributed by atoms with Crippen molar-refractivity contribution in [3.63, 3.8) is 0 Å². The Morgan fingerprint density at radius 3 is 1.14 bits per heavy atom. The third kappa shape index (κ3) is 3.97. The van der Waals surface area contributed by atoms with Crippen LogP contribution in [0.5, 0.6) is 0 Å². The lowest BCUT2D eigenvalue weighted by molar-refractivity contribution is -0.137. The molecule has 0 aliphatic heterocycles. The topological polar surface area (TPSA) is 37.3 Å². The average Bonchev–Trinajstić information content (AvgIpc) is 2.77. The largest absolute Gasteiger partial charge is 0.481 e. The van der Waals surface area contributed by atoms with E-state index in [1.807, 2.05) is 72.8 Å². The maximum absolute atomic E-state index is 12.1. The molecule has 2 heteroatoms. The molecule has 0 saturated heterocycles. The van der Waals surface area contributed by atoms with E-state index >= 15 is 0 Å². The molecule has 144 valence electrons. The van der Waals surface area contributed by atoms with Crippen LogP contribution in [0.25, 0.3) is 18.2 Å². The highest BCUT2D eigenvalue weighted by Crippen LogP contribution is 2.42. The van der Waals surface area contributed by atoms with E-state index < -0.39 is 11.4 Å². The Kier molecular flexibility index (Phi) is 5.94. The molecule has 3 rings (SSSR count). The minimum atomic E-state index is -0.863. The molecule has 0 spiro atoms. The van der Waals surface area contributed by atoms with Gasteiger partial charge < -0.3 is 5.11 Å². The molecule has 0 amide bonds. The van der Waals surface area contributed by atoms with Crippen LogP contribution in [-0.4, -0.2) is 11.1 Å². The molecule has 0 aromatic heterocycles. The standard InChI is InChI=1S/C27H24O2/c1-4-20-7-13-23(14-8-20)27(19-26(28)29,24-15-9-21(5-2)10-16-24)25-17-11-22(6-3)12-18-25/h4-18H,1-3,19H2,(H,28,29). The fourth-order valence-corrected chi connectivity index (χ4v) is 3.74. The van der Waals surface area contributed by atoms with Crippen LogP contribution in [0.3, 0.4) is 0 Å². The zero-order valence-electron chi connectivity index (χ0n) is 16.3. The van der Waals surface area contributed by atoms with Crippen LogP contribution in [-0.2, 0) is 10.2 Å². The van der Waals surface area contributed by atoms with Gasteiger partial charge in [0.15, 0.2) is 0 Å². The van der Waals surface area contributed by atoms with Crippen molar-refractivity contribution in [1.82, 2.24) is 0 Å². The van der Waals surface area contributed by atoms with Crippen molar-refractivity contribution in [2.75, 3.05) is 0 Å². The van der Waals surface area contributed by atoms with Crippen molar-refractivity contribution in [2.45, 2.75) is 11.8 Å². The zero-order chi connectivity index (χ0) is 20.9. The molecule has 0 atom stereocenters. The molecule has 0 fully saturated rings. The lowest BCUT2D eigenvalue weighted by Gasteiger charge is -2.35. The molecule has 0 aliphatic rings. The van der Waals surface area contributed by atoms with E-state index in [-0.39, 0.29) is 6.42 Å². The SMILES string of the molecule is C=Cc1ccc(C(CC(=O)O)(c2ccc(C=C)cc2)c2ccc(C=C)cc2)cc1. The summed E-state index contributed by atoms with van der Waals surface area (Å²) in [7, 11) is 0. The van der Waals surface area contributed by atoms with Gasteiger partial charge in [-0.25, -0.2) is 0 Å². The number of rotatable bonds is 8. The van der Waals surface area contributed by atoms with E-state index in [0.29, 0.717) is 0 Å². The highest BCUT2D eigenvalue weighted by molar-refractivity contribution is 5.73. The van der Waals surface area contributed by atoms with E-state index in [2.05, 4.69) is 19.7 Å². The van der Waals surface area contributed by atoms with Crippen LogP contribution in [0.15, 0.2) is 92.5 Å². The first kappa shape index (κ1) is 20.1. The van der Waals surface area contributed by atoms with Crippen molar-refractivity contribution in [3.8, 4) is 0 Å². The number of carboxylic acids is 1. The molecule has 29 heavy (non-hydrogen) atoms. The quantitative estimate of drug-likeness (QED) is 0.458. The summed E-state index contributed by atoms with van der Waals surface area (Å²) in [6, 6.07) is 23.7. The molecule has 0 saturated carbocycles. The number of aliphatic carboxylic acids is 1.